The zero-order chi connectivity index (χ0) is 18.5. The van der Waals surface area contributed by atoms with E-state index >= 15 is 0 Å². The van der Waals surface area contributed by atoms with Crippen molar-refractivity contribution in [1.29, 1.82) is 0 Å². The second-order valence-electron chi connectivity index (χ2n) is 7.39. The third kappa shape index (κ3) is 3.64. The van der Waals surface area contributed by atoms with E-state index in [1.165, 1.54) is 64.4 Å². The van der Waals surface area contributed by atoms with Gasteiger partial charge in [0.15, 0.2) is 0 Å². The topological polar surface area (TPSA) is 9.23 Å². The summed E-state index contributed by atoms with van der Waals surface area (Å²) in [5.41, 5.74) is 0. The summed E-state index contributed by atoms with van der Waals surface area (Å²) < 4.78 is 6.28. The number of fused-ring (bicyclic) bond motifs is 6. The van der Waals surface area contributed by atoms with Crippen LogP contribution in [0, 0.1) is 0 Å². The van der Waals surface area contributed by atoms with Crippen LogP contribution in [0.25, 0.3) is 32.3 Å². The molecule has 0 heterocycles. The van der Waals surface area contributed by atoms with Crippen LogP contribution < -0.4 is 4.74 Å². The summed E-state index contributed by atoms with van der Waals surface area (Å²) in [5, 5.41) is 7.73. The Balaban J connectivity index is 1.68. The van der Waals surface area contributed by atoms with Crippen molar-refractivity contribution in [2.45, 2.75) is 45.4 Å². The third-order valence-corrected chi connectivity index (χ3v) is 5.49. The summed E-state index contributed by atoms with van der Waals surface area (Å²) in [5.74, 6) is 1.02. The van der Waals surface area contributed by atoms with Gasteiger partial charge in [-0.15, -0.1) is 0 Å². The van der Waals surface area contributed by atoms with Gasteiger partial charge in [-0.3, -0.25) is 0 Å². The molecule has 4 rings (SSSR count). The second kappa shape index (κ2) is 8.43. The highest BCUT2D eigenvalue weighted by molar-refractivity contribution is 6.26. The van der Waals surface area contributed by atoms with E-state index in [9.17, 15) is 0 Å². The average Bonchev–Trinajstić information content (AvgIpc) is 2.73. The van der Waals surface area contributed by atoms with Crippen molar-refractivity contribution in [3.63, 3.8) is 0 Å². The number of benzene rings is 4. The summed E-state index contributed by atoms with van der Waals surface area (Å²) >= 11 is 0. The first kappa shape index (κ1) is 17.9. The zero-order valence-corrected chi connectivity index (χ0v) is 16.2. The molecule has 0 aromatic heterocycles. The minimum absolute atomic E-state index is 0.798. The monoisotopic (exact) mass is 356 g/mol. The van der Waals surface area contributed by atoms with Gasteiger partial charge in [-0.25, -0.2) is 0 Å². The second-order valence-corrected chi connectivity index (χ2v) is 7.39. The number of ether oxygens (including phenoxy) is 1. The zero-order valence-electron chi connectivity index (χ0n) is 16.2. The average molecular weight is 357 g/mol. The van der Waals surface area contributed by atoms with Crippen LogP contribution in [0.3, 0.4) is 0 Å². The molecule has 27 heavy (non-hydrogen) atoms. The molecule has 0 unspecified atom stereocenters. The third-order valence-electron chi connectivity index (χ3n) is 5.49. The molecule has 1 nitrogen and oxygen atoms in total. The van der Waals surface area contributed by atoms with Crippen molar-refractivity contribution >= 4 is 32.3 Å². The van der Waals surface area contributed by atoms with Crippen LogP contribution in [-0.4, -0.2) is 6.61 Å². The van der Waals surface area contributed by atoms with Gasteiger partial charge in [0.2, 0.25) is 0 Å². The standard InChI is InChI=1S/C26H28O/c1-2-3-4-5-6-11-19-27-25-18-12-17-24-22-14-8-7-13-20(22)21-15-9-10-16-23(21)26(24)25/h7-10,12-18H,2-6,11,19H2,1H3. The van der Waals surface area contributed by atoms with Gasteiger partial charge in [0.05, 0.1) is 6.61 Å². The van der Waals surface area contributed by atoms with Gasteiger partial charge in [0, 0.05) is 5.39 Å². The Morgan fingerprint density at radius 2 is 1.07 bits per heavy atom. The van der Waals surface area contributed by atoms with Gasteiger partial charge < -0.3 is 4.74 Å². The van der Waals surface area contributed by atoms with E-state index < -0.39 is 0 Å². The lowest BCUT2D eigenvalue weighted by Gasteiger charge is -2.14. The summed E-state index contributed by atoms with van der Waals surface area (Å²) in [6.45, 7) is 3.06. The van der Waals surface area contributed by atoms with Crippen molar-refractivity contribution in [3.8, 4) is 5.75 Å². The van der Waals surface area contributed by atoms with Gasteiger partial charge >= 0.3 is 0 Å². The Hall–Kier alpha value is -2.54. The van der Waals surface area contributed by atoms with Crippen LogP contribution in [0.5, 0.6) is 5.75 Å². The van der Waals surface area contributed by atoms with E-state index in [-0.39, 0.29) is 0 Å². The molecule has 138 valence electrons. The van der Waals surface area contributed by atoms with Gasteiger partial charge in [-0.05, 0) is 39.4 Å². The van der Waals surface area contributed by atoms with Gasteiger partial charge in [-0.2, -0.15) is 0 Å². The van der Waals surface area contributed by atoms with Gasteiger partial charge in [0.25, 0.3) is 0 Å². The number of unbranched alkanes of at least 4 members (excludes halogenated alkanes) is 5. The molecule has 1 heteroatoms. The fourth-order valence-corrected chi connectivity index (χ4v) is 4.11. The quantitative estimate of drug-likeness (QED) is 0.230. The Kier molecular flexibility index (Phi) is 5.58. The lowest BCUT2D eigenvalue weighted by Crippen LogP contribution is -1.98. The number of hydrogen-bond acceptors (Lipinski definition) is 1. The fraction of sp³-hybridized carbons (Fsp3) is 0.308. The highest BCUT2D eigenvalue weighted by atomic mass is 16.5. The smallest absolute Gasteiger partial charge is 0.127 e. The van der Waals surface area contributed by atoms with E-state index in [2.05, 4.69) is 73.7 Å². The van der Waals surface area contributed by atoms with E-state index in [0.29, 0.717) is 0 Å². The molecule has 0 aliphatic heterocycles. The van der Waals surface area contributed by atoms with Crippen molar-refractivity contribution in [2.75, 3.05) is 6.61 Å². The van der Waals surface area contributed by atoms with Crippen LogP contribution >= 0.6 is 0 Å². The maximum absolute atomic E-state index is 6.28. The first-order chi connectivity index (χ1) is 13.4. The first-order valence-corrected chi connectivity index (χ1v) is 10.3. The van der Waals surface area contributed by atoms with Crippen LogP contribution in [-0.2, 0) is 0 Å². The molecule has 0 amide bonds. The van der Waals surface area contributed by atoms with E-state index in [1.807, 2.05) is 0 Å². The molecule has 0 saturated carbocycles. The summed E-state index contributed by atoms with van der Waals surface area (Å²) in [6.07, 6.45) is 7.71. The van der Waals surface area contributed by atoms with Crippen LogP contribution in [0.15, 0.2) is 66.7 Å². The Morgan fingerprint density at radius 3 is 1.74 bits per heavy atom. The highest BCUT2D eigenvalue weighted by Crippen LogP contribution is 2.39. The molecule has 0 bridgehead atoms. The molecule has 0 spiro atoms. The molecular weight excluding hydrogens is 328 g/mol. The summed E-state index contributed by atoms with van der Waals surface area (Å²) in [7, 11) is 0. The van der Waals surface area contributed by atoms with Gasteiger partial charge in [0.1, 0.15) is 5.75 Å². The van der Waals surface area contributed by atoms with E-state index in [0.717, 1.165) is 18.8 Å². The van der Waals surface area contributed by atoms with Crippen LogP contribution in [0.1, 0.15) is 45.4 Å². The maximum atomic E-state index is 6.28. The van der Waals surface area contributed by atoms with E-state index in [4.69, 9.17) is 4.74 Å². The number of rotatable bonds is 8. The summed E-state index contributed by atoms with van der Waals surface area (Å²) in [6, 6.07) is 23.9. The van der Waals surface area contributed by atoms with Crippen LogP contribution in [0.4, 0.5) is 0 Å². The van der Waals surface area contributed by atoms with Gasteiger partial charge in [-0.1, -0.05) is 99.7 Å². The summed E-state index contributed by atoms with van der Waals surface area (Å²) in [4.78, 5) is 0. The highest BCUT2D eigenvalue weighted by Gasteiger charge is 2.11. The predicted octanol–water partition coefficient (Wildman–Crippen LogP) is 7.89. The molecule has 0 saturated heterocycles. The molecule has 0 fully saturated rings. The first-order valence-electron chi connectivity index (χ1n) is 10.3. The molecule has 0 atom stereocenters. The molecule has 4 aromatic carbocycles. The Morgan fingerprint density at radius 1 is 0.556 bits per heavy atom. The van der Waals surface area contributed by atoms with Crippen molar-refractivity contribution in [2.24, 2.45) is 0 Å². The lowest BCUT2D eigenvalue weighted by molar-refractivity contribution is 0.308. The van der Waals surface area contributed by atoms with Crippen molar-refractivity contribution < 1.29 is 4.74 Å². The molecule has 4 aromatic rings. The number of hydrogen-bond donors (Lipinski definition) is 0. The largest absolute Gasteiger partial charge is 0.493 e. The van der Waals surface area contributed by atoms with Crippen molar-refractivity contribution in [3.05, 3.63) is 66.7 Å². The van der Waals surface area contributed by atoms with E-state index in [1.54, 1.807) is 0 Å². The normalized spacial score (nSPS) is 11.4. The van der Waals surface area contributed by atoms with Crippen LogP contribution in [0.2, 0.25) is 0 Å². The fourth-order valence-electron chi connectivity index (χ4n) is 4.11. The molecular formula is C26H28O. The lowest BCUT2D eigenvalue weighted by atomic mass is 9.94. The van der Waals surface area contributed by atoms with Crippen molar-refractivity contribution in [1.82, 2.24) is 0 Å². The SMILES string of the molecule is CCCCCCCCOc1cccc2c3ccccc3c3ccccc3c12. The molecule has 0 N–H and O–H groups in total. The molecule has 0 radical (unpaired) electrons. The predicted molar refractivity (Wildman–Crippen MR) is 118 cm³/mol. The minimum atomic E-state index is 0.798. The Labute approximate surface area is 162 Å². The maximum Gasteiger partial charge on any atom is 0.127 e. The molecule has 0 aliphatic carbocycles. The Bertz CT molecular complexity index is 1000. The minimum Gasteiger partial charge on any atom is -0.493 e. The molecule has 0 aliphatic rings.